The van der Waals surface area contributed by atoms with E-state index < -0.39 is 17.6 Å². The van der Waals surface area contributed by atoms with Crippen molar-refractivity contribution in [2.45, 2.75) is 65.5 Å². The van der Waals surface area contributed by atoms with Gasteiger partial charge >= 0.3 is 11.9 Å². The first kappa shape index (κ1) is 25.3. The number of nitrogen functional groups attached to an aromatic ring is 1. The maximum absolute atomic E-state index is 12.2. The number of carbonyl (C=O) groups is 2. The normalized spacial score (nSPS) is 13.3. The summed E-state index contributed by atoms with van der Waals surface area (Å²) in [6.07, 6.45) is 5.12. The van der Waals surface area contributed by atoms with Crippen molar-refractivity contribution in [3.05, 3.63) is 16.7 Å². The number of nitrogens with two attached hydrogens (primary N) is 2. The van der Waals surface area contributed by atoms with E-state index in [0.717, 1.165) is 19.3 Å². The number of imidazole rings is 1. The number of rotatable bonds is 13. The number of hydrogen-bond acceptors (Lipinski definition) is 9. The van der Waals surface area contributed by atoms with Crippen molar-refractivity contribution >= 4 is 29.1 Å². The molecule has 0 radical (unpaired) electrons. The molecule has 5 N–H and O–H groups in total. The fourth-order valence-electron chi connectivity index (χ4n) is 3.11. The molecular formula is C21H34N6O5. The Bertz CT molecular complexity index is 954. The molecule has 0 bridgehead atoms. The highest BCUT2D eigenvalue weighted by molar-refractivity contribution is 5.75. The van der Waals surface area contributed by atoms with Gasteiger partial charge in [0, 0.05) is 18.9 Å². The van der Waals surface area contributed by atoms with E-state index >= 15 is 0 Å². The van der Waals surface area contributed by atoms with Gasteiger partial charge in [0.1, 0.15) is 6.04 Å². The van der Waals surface area contributed by atoms with Gasteiger partial charge in [0.15, 0.2) is 11.2 Å². The number of nitrogens with zero attached hydrogens (tertiary/aromatic N) is 3. The lowest BCUT2D eigenvalue weighted by molar-refractivity contribution is -0.149. The first-order chi connectivity index (χ1) is 15.2. The molecule has 11 heteroatoms. The van der Waals surface area contributed by atoms with Gasteiger partial charge in [-0.3, -0.25) is 19.4 Å². The van der Waals surface area contributed by atoms with Crippen molar-refractivity contribution in [1.29, 1.82) is 0 Å². The second-order valence-electron chi connectivity index (χ2n) is 8.25. The maximum atomic E-state index is 12.2. The summed E-state index contributed by atoms with van der Waals surface area (Å²) in [5.41, 5.74) is 11.6. The van der Waals surface area contributed by atoms with Gasteiger partial charge in [-0.15, -0.1) is 0 Å². The number of esters is 2. The Morgan fingerprint density at radius 2 is 2.00 bits per heavy atom. The molecule has 0 saturated carbocycles. The van der Waals surface area contributed by atoms with E-state index in [1.54, 1.807) is 4.57 Å². The van der Waals surface area contributed by atoms with Crippen LogP contribution < -0.4 is 17.0 Å². The molecule has 2 rings (SSSR count). The van der Waals surface area contributed by atoms with Crippen LogP contribution in [0.3, 0.4) is 0 Å². The van der Waals surface area contributed by atoms with Crippen LogP contribution in [0.5, 0.6) is 0 Å². The number of fused-ring (bicyclic) bond motifs is 1. The van der Waals surface area contributed by atoms with Crippen LogP contribution in [-0.2, 0) is 25.6 Å². The third-order valence-electron chi connectivity index (χ3n) is 5.17. The van der Waals surface area contributed by atoms with Crippen molar-refractivity contribution in [3.63, 3.8) is 0 Å². The van der Waals surface area contributed by atoms with Crippen LogP contribution in [0.25, 0.3) is 11.2 Å². The van der Waals surface area contributed by atoms with E-state index in [9.17, 15) is 14.4 Å². The lowest BCUT2D eigenvalue weighted by Crippen LogP contribution is -2.38. The van der Waals surface area contributed by atoms with Crippen molar-refractivity contribution in [1.82, 2.24) is 19.5 Å². The average Bonchev–Trinajstić information content (AvgIpc) is 3.13. The van der Waals surface area contributed by atoms with Crippen LogP contribution in [0, 0.1) is 11.8 Å². The smallest absolute Gasteiger partial charge is 0.323 e. The summed E-state index contributed by atoms with van der Waals surface area (Å²) in [7, 11) is 0. The highest BCUT2D eigenvalue weighted by Gasteiger charge is 2.22. The molecule has 0 fully saturated rings. The standard InChI is InChI=1S/C21H34N6O5/c1-4-5-6-7-15(28)31-9-8-14(11-32-20(30)16(22)13(2)3)10-27-12-24-17-18(27)25-21(23)26-19(17)29/h12-14,16H,4-11,22H2,1-3H3,(H3,23,25,26,29)/t14-,16+/m1/s1. The van der Waals surface area contributed by atoms with E-state index in [2.05, 4.69) is 21.9 Å². The molecule has 0 saturated heterocycles. The number of ether oxygens (including phenoxy) is 2. The molecule has 0 aromatic carbocycles. The van der Waals surface area contributed by atoms with Crippen molar-refractivity contribution < 1.29 is 19.1 Å². The molecule has 0 unspecified atom stereocenters. The van der Waals surface area contributed by atoms with Gasteiger partial charge in [-0.25, -0.2) is 4.98 Å². The van der Waals surface area contributed by atoms with Crippen LogP contribution in [0.4, 0.5) is 5.95 Å². The summed E-state index contributed by atoms with van der Waals surface area (Å²) < 4.78 is 12.4. The second kappa shape index (κ2) is 12.2. The zero-order chi connectivity index (χ0) is 23.7. The third kappa shape index (κ3) is 7.33. The second-order valence-corrected chi connectivity index (χ2v) is 8.25. The molecule has 2 aromatic heterocycles. The molecule has 2 aromatic rings. The number of hydrogen-bond donors (Lipinski definition) is 3. The van der Waals surface area contributed by atoms with Crippen LogP contribution in [0.15, 0.2) is 11.1 Å². The number of nitrogens with one attached hydrogen (secondary N) is 1. The van der Waals surface area contributed by atoms with E-state index in [-0.39, 0.29) is 42.5 Å². The molecule has 178 valence electrons. The minimum absolute atomic E-state index is 0.0175. The van der Waals surface area contributed by atoms with E-state index in [4.69, 9.17) is 20.9 Å². The summed E-state index contributed by atoms with van der Waals surface area (Å²) in [6, 6.07) is -0.721. The Morgan fingerprint density at radius 1 is 1.25 bits per heavy atom. The first-order valence-corrected chi connectivity index (χ1v) is 11.0. The van der Waals surface area contributed by atoms with Crippen LogP contribution in [0.2, 0.25) is 0 Å². The largest absolute Gasteiger partial charge is 0.466 e. The summed E-state index contributed by atoms with van der Waals surface area (Å²) in [5, 5.41) is 0. The van der Waals surface area contributed by atoms with Crippen LogP contribution >= 0.6 is 0 Å². The molecular weight excluding hydrogens is 416 g/mol. The SMILES string of the molecule is CCCCCC(=O)OCC[C@@H](COC(=O)[C@@H](N)C(C)C)Cn1cnc2c(=O)[nH]c(N)nc21. The van der Waals surface area contributed by atoms with Gasteiger partial charge in [-0.2, -0.15) is 4.98 Å². The molecule has 0 aliphatic rings. The minimum atomic E-state index is -0.721. The van der Waals surface area contributed by atoms with Crippen molar-refractivity contribution in [2.75, 3.05) is 18.9 Å². The van der Waals surface area contributed by atoms with Gasteiger partial charge in [0.05, 0.1) is 19.5 Å². The molecule has 0 amide bonds. The zero-order valence-electron chi connectivity index (χ0n) is 19.0. The van der Waals surface area contributed by atoms with E-state index in [0.29, 0.717) is 25.0 Å². The number of aromatic nitrogens is 4. The highest BCUT2D eigenvalue weighted by Crippen LogP contribution is 2.15. The van der Waals surface area contributed by atoms with E-state index in [1.165, 1.54) is 6.33 Å². The average molecular weight is 451 g/mol. The molecule has 0 aliphatic heterocycles. The van der Waals surface area contributed by atoms with Gasteiger partial charge in [0.25, 0.3) is 5.56 Å². The Balaban J connectivity index is 2.05. The fraction of sp³-hybridized carbons (Fsp3) is 0.667. The summed E-state index contributed by atoms with van der Waals surface area (Å²) in [5.74, 6) is -1.03. The predicted octanol–water partition coefficient (Wildman–Crippen LogP) is 1.36. The van der Waals surface area contributed by atoms with Crippen molar-refractivity contribution in [3.8, 4) is 0 Å². The topological polar surface area (TPSA) is 168 Å². The number of aromatic amines is 1. The number of unbranched alkanes of at least 4 members (excludes halogenated alkanes) is 2. The monoisotopic (exact) mass is 450 g/mol. The zero-order valence-corrected chi connectivity index (χ0v) is 19.0. The summed E-state index contributed by atoms with van der Waals surface area (Å²) in [6.45, 7) is 6.35. The fourth-order valence-corrected chi connectivity index (χ4v) is 3.11. The summed E-state index contributed by atoms with van der Waals surface area (Å²) in [4.78, 5) is 46.8. The van der Waals surface area contributed by atoms with Crippen LogP contribution in [-0.4, -0.2) is 50.7 Å². The predicted molar refractivity (Wildman–Crippen MR) is 120 cm³/mol. The number of H-pyrrole nitrogens is 1. The highest BCUT2D eigenvalue weighted by atomic mass is 16.5. The molecule has 0 spiro atoms. The van der Waals surface area contributed by atoms with Gasteiger partial charge < -0.3 is 25.5 Å². The molecule has 2 atom stereocenters. The summed E-state index contributed by atoms with van der Waals surface area (Å²) >= 11 is 0. The first-order valence-electron chi connectivity index (χ1n) is 11.0. The number of anilines is 1. The van der Waals surface area contributed by atoms with Crippen LogP contribution in [0.1, 0.15) is 52.9 Å². The van der Waals surface area contributed by atoms with Crippen molar-refractivity contribution in [2.24, 2.45) is 17.6 Å². The van der Waals surface area contributed by atoms with Gasteiger partial charge in [0.2, 0.25) is 5.95 Å². The minimum Gasteiger partial charge on any atom is -0.466 e. The quantitative estimate of drug-likeness (QED) is 0.301. The Kier molecular flexibility index (Phi) is 9.63. The lowest BCUT2D eigenvalue weighted by Gasteiger charge is -2.20. The Morgan fingerprint density at radius 3 is 2.69 bits per heavy atom. The third-order valence-corrected chi connectivity index (χ3v) is 5.17. The van der Waals surface area contributed by atoms with Gasteiger partial charge in [-0.05, 0) is 18.8 Å². The molecule has 0 aliphatic carbocycles. The Hall–Kier alpha value is -2.95. The molecule has 2 heterocycles. The lowest BCUT2D eigenvalue weighted by atomic mass is 10.1. The number of carbonyl (C=O) groups excluding carboxylic acids is 2. The molecule has 11 nitrogen and oxygen atoms in total. The molecule has 32 heavy (non-hydrogen) atoms. The van der Waals surface area contributed by atoms with E-state index in [1.807, 2.05) is 13.8 Å². The maximum Gasteiger partial charge on any atom is 0.323 e. The van der Waals surface area contributed by atoms with Gasteiger partial charge in [-0.1, -0.05) is 33.6 Å². The Labute approximate surface area is 186 Å².